The van der Waals surface area contributed by atoms with Gasteiger partial charge < -0.3 is 0 Å². The molecule has 0 spiro atoms. The van der Waals surface area contributed by atoms with Crippen LogP contribution in [0.25, 0.3) is 5.69 Å². The molecule has 152 valence electrons. The minimum Gasteiger partial charge on any atom is -0.267 e. The summed E-state index contributed by atoms with van der Waals surface area (Å²) in [5, 5.41) is 33.8. The van der Waals surface area contributed by atoms with Crippen molar-refractivity contribution >= 4 is 23.0 Å². The molecular weight excluding hydrogens is 394 g/mol. The van der Waals surface area contributed by atoms with Gasteiger partial charge in [0, 0.05) is 29.8 Å². The second kappa shape index (κ2) is 8.26. The molecule has 0 fully saturated rings. The highest BCUT2D eigenvalue weighted by Gasteiger charge is 2.16. The van der Waals surface area contributed by atoms with Crippen LogP contribution in [0.3, 0.4) is 0 Å². The zero-order chi connectivity index (χ0) is 21.8. The van der Waals surface area contributed by atoms with E-state index in [-0.39, 0.29) is 16.9 Å². The first-order chi connectivity index (χ1) is 14.3. The molecule has 1 aromatic heterocycles. The molecule has 0 saturated carbocycles. The van der Waals surface area contributed by atoms with Crippen molar-refractivity contribution in [1.82, 2.24) is 20.4 Å². The molecule has 3 rings (SSSR count). The number of nitro benzene ring substituents is 2. The van der Waals surface area contributed by atoms with E-state index in [0.29, 0.717) is 22.8 Å². The highest BCUT2D eigenvalue weighted by atomic mass is 16.6. The number of benzene rings is 2. The van der Waals surface area contributed by atoms with Crippen LogP contribution in [0.5, 0.6) is 0 Å². The van der Waals surface area contributed by atoms with Crippen molar-refractivity contribution in [2.45, 2.75) is 13.8 Å². The van der Waals surface area contributed by atoms with Crippen molar-refractivity contribution in [1.29, 1.82) is 0 Å². The molecule has 3 aromatic rings. The molecule has 2 aromatic carbocycles. The summed E-state index contributed by atoms with van der Waals surface area (Å²) < 4.78 is 1.42. The molecule has 0 aliphatic heterocycles. The first-order valence-electron chi connectivity index (χ1n) is 8.54. The topological polar surface area (TPSA) is 158 Å². The Morgan fingerprint density at radius 2 is 1.70 bits per heavy atom. The Balaban J connectivity index is 1.81. The van der Waals surface area contributed by atoms with Crippen LogP contribution in [0.15, 0.2) is 53.6 Å². The van der Waals surface area contributed by atoms with Crippen molar-refractivity contribution in [2.24, 2.45) is 5.10 Å². The van der Waals surface area contributed by atoms with Gasteiger partial charge in [-0.25, -0.2) is 10.1 Å². The maximum absolute atomic E-state index is 12.2. The number of non-ortho nitro benzene ring substituents is 2. The fraction of sp³-hybridized carbons (Fsp3) is 0.111. The summed E-state index contributed by atoms with van der Waals surface area (Å²) in [4.78, 5) is 32.9. The van der Waals surface area contributed by atoms with Gasteiger partial charge in [0.25, 0.3) is 17.3 Å². The van der Waals surface area contributed by atoms with Crippen LogP contribution in [0.1, 0.15) is 28.7 Å². The summed E-state index contributed by atoms with van der Waals surface area (Å²) in [6.07, 6.45) is 0. The van der Waals surface area contributed by atoms with Crippen LogP contribution >= 0.6 is 0 Å². The van der Waals surface area contributed by atoms with Gasteiger partial charge in [0.2, 0.25) is 0 Å². The zero-order valence-corrected chi connectivity index (χ0v) is 15.8. The Bertz CT molecular complexity index is 1190. The van der Waals surface area contributed by atoms with E-state index in [1.165, 1.54) is 41.1 Å². The molecule has 30 heavy (non-hydrogen) atoms. The number of aromatic nitrogens is 3. The van der Waals surface area contributed by atoms with Crippen LogP contribution < -0.4 is 5.43 Å². The predicted octanol–water partition coefficient (Wildman–Crippen LogP) is 2.55. The van der Waals surface area contributed by atoms with Crippen molar-refractivity contribution in [3.8, 4) is 5.69 Å². The van der Waals surface area contributed by atoms with E-state index in [9.17, 15) is 25.0 Å². The van der Waals surface area contributed by atoms with Gasteiger partial charge in [-0.15, -0.1) is 5.10 Å². The molecule has 0 bridgehead atoms. The Morgan fingerprint density at radius 1 is 1.07 bits per heavy atom. The van der Waals surface area contributed by atoms with Gasteiger partial charge in [0.15, 0.2) is 0 Å². The molecule has 0 saturated heterocycles. The number of nitro groups is 2. The smallest absolute Gasteiger partial charge is 0.267 e. The maximum Gasteiger partial charge on any atom is 0.271 e. The second-order valence-electron chi connectivity index (χ2n) is 6.16. The van der Waals surface area contributed by atoms with E-state index in [0.717, 1.165) is 6.07 Å². The number of rotatable bonds is 6. The lowest BCUT2D eigenvalue weighted by molar-refractivity contribution is -0.385. The molecule has 1 heterocycles. The van der Waals surface area contributed by atoms with Gasteiger partial charge in [-0.05, 0) is 26.0 Å². The van der Waals surface area contributed by atoms with Crippen molar-refractivity contribution in [3.05, 3.63) is 85.7 Å². The van der Waals surface area contributed by atoms with Gasteiger partial charge in [0.05, 0.1) is 26.9 Å². The number of carbonyl (C=O) groups excluding carboxylic acids is 1. The Morgan fingerprint density at radius 3 is 2.37 bits per heavy atom. The van der Waals surface area contributed by atoms with Gasteiger partial charge in [-0.2, -0.15) is 5.10 Å². The number of amides is 1. The highest BCUT2D eigenvalue weighted by Crippen LogP contribution is 2.18. The van der Waals surface area contributed by atoms with E-state index in [1.54, 1.807) is 19.9 Å². The van der Waals surface area contributed by atoms with Gasteiger partial charge in [-0.1, -0.05) is 17.3 Å². The molecule has 0 unspecified atom stereocenters. The standard InChI is InChI=1S/C18H15N7O5/c1-11(19-21-18(26)13-5-3-7-15(9-13)24(27)28)17-12(2)23(22-20-17)14-6-4-8-16(10-14)25(29)30/h3-10H,1-2H3,(H,21,26)/b19-11-. The molecule has 0 atom stereocenters. The third kappa shape index (κ3) is 4.16. The van der Waals surface area contributed by atoms with Crippen LogP contribution in [-0.2, 0) is 0 Å². The molecule has 12 nitrogen and oxygen atoms in total. The zero-order valence-electron chi connectivity index (χ0n) is 15.8. The quantitative estimate of drug-likeness (QED) is 0.372. The minimum absolute atomic E-state index is 0.0812. The summed E-state index contributed by atoms with van der Waals surface area (Å²) >= 11 is 0. The van der Waals surface area contributed by atoms with E-state index in [4.69, 9.17) is 0 Å². The molecular formula is C18H15N7O5. The van der Waals surface area contributed by atoms with E-state index in [1.807, 2.05) is 0 Å². The van der Waals surface area contributed by atoms with Crippen LogP contribution in [0.2, 0.25) is 0 Å². The van der Waals surface area contributed by atoms with E-state index >= 15 is 0 Å². The fourth-order valence-electron chi connectivity index (χ4n) is 2.66. The average molecular weight is 409 g/mol. The number of hydrogen-bond acceptors (Lipinski definition) is 8. The Labute approximate surface area is 169 Å². The lowest BCUT2D eigenvalue weighted by atomic mass is 10.2. The number of carbonyl (C=O) groups is 1. The maximum atomic E-state index is 12.2. The second-order valence-corrected chi connectivity index (χ2v) is 6.16. The Hall–Kier alpha value is -4.48. The van der Waals surface area contributed by atoms with E-state index in [2.05, 4.69) is 20.8 Å². The summed E-state index contributed by atoms with van der Waals surface area (Å²) in [5.41, 5.74) is 3.83. The lowest BCUT2D eigenvalue weighted by Gasteiger charge is -2.04. The summed E-state index contributed by atoms with van der Waals surface area (Å²) in [7, 11) is 0. The SMILES string of the molecule is C/C(=N/NC(=O)c1cccc([N+](=O)[O-])c1)c1nnn(-c2cccc([N+](=O)[O-])c2)c1C. The van der Waals surface area contributed by atoms with Crippen molar-refractivity contribution in [3.63, 3.8) is 0 Å². The average Bonchev–Trinajstić information content (AvgIpc) is 3.13. The normalized spacial score (nSPS) is 11.2. The van der Waals surface area contributed by atoms with Crippen LogP contribution in [-0.4, -0.2) is 36.5 Å². The monoisotopic (exact) mass is 409 g/mol. The molecule has 0 radical (unpaired) electrons. The molecule has 1 amide bonds. The molecule has 0 aliphatic carbocycles. The van der Waals surface area contributed by atoms with E-state index < -0.39 is 15.8 Å². The number of hydrazone groups is 1. The van der Waals surface area contributed by atoms with Gasteiger partial charge in [-0.3, -0.25) is 25.0 Å². The first-order valence-corrected chi connectivity index (χ1v) is 8.54. The fourth-order valence-corrected chi connectivity index (χ4v) is 2.66. The summed E-state index contributed by atoms with van der Waals surface area (Å²) in [6.45, 7) is 3.30. The van der Waals surface area contributed by atoms with Crippen molar-refractivity contribution in [2.75, 3.05) is 0 Å². The van der Waals surface area contributed by atoms with Crippen LogP contribution in [0, 0.1) is 27.2 Å². The molecule has 12 heteroatoms. The Kier molecular flexibility index (Phi) is 5.58. The molecule has 1 N–H and O–H groups in total. The largest absolute Gasteiger partial charge is 0.271 e. The third-order valence-electron chi connectivity index (χ3n) is 4.17. The number of hydrogen-bond donors (Lipinski definition) is 1. The van der Waals surface area contributed by atoms with Crippen molar-refractivity contribution < 1.29 is 14.6 Å². The predicted molar refractivity (Wildman–Crippen MR) is 106 cm³/mol. The molecule has 0 aliphatic rings. The first kappa shape index (κ1) is 20.3. The third-order valence-corrected chi connectivity index (χ3v) is 4.17. The number of nitrogens with one attached hydrogen (secondary N) is 1. The highest BCUT2D eigenvalue weighted by molar-refractivity contribution is 6.00. The number of nitrogens with zero attached hydrogens (tertiary/aromatic N) is 6. The summed E-state index contributed by atoms with van der Waals surface area (Å²) in [5.74, 6) is -0.623. The summed E-state index contributed by atoms with van der Waals surface area (Å²) in [6, 6.07) is 11.2. The van der Waals surface area contributed by atoms with Crippen LogP contribution in [0.4, 0.5) is 11.4 Å². The lowest BCUT2D eigenvalue weighted by Crippen LogP contribution is -2.19. The minimum atomic E-state index is -0.623. The van der Waals surface area contributed by atoms with Gasteiger partial charge >= 0.3 is 0 Å². The van der Waals surface area contributed by atoms with Gasteiger partial charge in [0.1, 0.15) is 5.69 Å².